The fraction of sp³-hybridized carbons (Fsp3) is 0.625. The Kier molecular flexibility index (Phi) is 4.04. The number of nitrogens with one attached hydrogen (secondary N) is 1. The molecule has 3 heteroatoms. The van der Waals surface area contributed by atoms with Gasteiger partial charge in [-0.2, -0.15) is 0 Å². The standard InChI is InChI=1S/C16H25NO2/c1-11-6-7-14(12(2)15(11)18-5)17-13-8-9-19-16(3,4)10-13/h6-7,13,17H,8-10H2,1-5H3. The minimum absolute atomic E-state index is 0.0292. The zero-order valence-corrected chi connectivity index (χ0v) is 12.7. The van der Waals surface area contributed by atoms with Crippen molar-refractivity contribution < 1.29 is 9.47 Å². The molecule has 0 bridgehead atoms. The predicted molar refractivity (Wildman–Crippen MR) is 79.1 cm³/mol. The molecule has 1 aromatic carbocycles. The minimum atomic E-state index is -0.0292. The molecule has 106 valence electrons. The van der Waals surface area contributed by atoms with Gasteiger partial charge in [0.2, 0.25) is 0 Å². The molecule has 1 aromatic rings. The topological polar surface area (TPSA) is 30.5 Å². The summed E-state index contributed by atoms with van der Waals surface area (Å²) >= 11 is 0. The zero-order chi connectivity index (χ0) is 14.0. The Morgan fingerprint density at radius 1 is 1.32 bits per heavy atom. The van der Waals surface area contributed by atoms with Gasteiger partial charge in [-0.3, -0.25) is 0 Å². The molecule has 1 aliphatic rings. The van der Waals surface area contributed by atoms with E-state index < -0.39 is 0 Å². The van der Waals surface area contributed by atoms with Crippen LogP contribution < -0.4 is 10.1 Å². The van der Waals surface area contributed by atoms with Gasteiger partial charge < -0.3 is 14.8 Å². The largest absolute Gasteiger partial charge is 0.496 e. The molecule has 1 saturated heterocycles. The van der Waals surface area contributed by atoms with Crippen molar-refractivity contribution in [2.75, 3.05) is 19.0 Å². The first-order chi connectivity index (χ1) is 8.93. The SMILES string of the molecule is COc1c(C)ccc(NC2CCOC(C)(C)C2)c1C. The zero-order valence-electron chi connectivity index (χ0n) is 12.7. The van der Waals surface area contributed by atoms with Gasteiger partial charge in [-0.15, -0.1) is 0 Å². The summed E-state index contributed by atoms with van der Waals surface area (Å²) < 4.78 is 11.2. The summed E-state index contributed by atoms with van der Waals surface area (Å²) in [7, 11) is 1.73. The lowest BCUT2D eigenvalue weighted by Gasteiger charge is -2.36. The number of hydrogen-bond acceptors (Lipinski definition) is 3. The molecule has 0 aliphatic carbocycles. The quantitative estimate of drug-likeness (QED) is 0.902. The Morgan fingerprint density at radius 3 is 2.68 bits per heavy atom. The van der Waals surface area contributed by atoms with E-state index in [0.717, 1.165) is 25.2 Å². The highest BCUT2D eigenvalue weighted by molar-refractivity contribution is 5.60. The summed E-state index contributed by atoms with van der Waals surface area (Å²) in [5, 5.41) is 3.65. The van der Waals surface area contributed by atoms with Crippen LogP contribution in [0, 0.1) is 13.8 Å². The van der Waals surface area contributed by atoms with Crippen LogP contribution in [0.25, 0.3) is 0 Å². The maximum absolute atomic E-state index is 5.76. The third-order valence-corrected chi connectivity index (χ3v) is 3.86. The summed E-state index contributed by atoms with van der Waals surface area (Å²) in [5.74, 6) is 0.983. The highest BCUT2D eigenvalue weighted by atomic mass is 16.5. The van der Waals surface area contributed by atoms with E-state index in [4.69, 9.17) is 9.47 Å². The molecule has 1 atom stereocenters. The van der Waals surface area contributed by atoms with E-state index in [1.807, 2.05) is 0 Å². The fourth-order valence-electron chi connectivity index (χ4n) is 2.87. The Bertz CT molecular complexity index is 454. The van der Waals surface area contributed by atoms with E-state index in [2.05, 4.69) is 45.1 Å². The van der Waals surface area contributed by atoms with Gasteiger partial charge >= 0.3 is 0 Å². The van der Waals surface area contributed by atoms with Crippen LogP contribution >= 0.6 is 0 Å². The van der Waals surface area contributed by atoms with Crippen LogP contribution in [0.2, 0.25) is 0 Å². The van der Waals surface area contributed by atoms with E-state index in [0.29, 0.717) is 6.04 Å². The maximum atomic E-state index is 5.76. The van der Waals surface area contributed by atoms with Crippen LogP contribution in [0.1, 0.15) is 37.8 Å². The molecular formula is C16H25NO2. The monoisotopic (exact) mass is 263 g/mol. The number of ether oxygens (including phenoxy) is 2. The second-order valence-corrected chi connectivity index (χ2v) is 6.03. The number of benzene rings is 1. The van der Waals surface area contributed by atoms with Crippen molar-refractivity contribution in [3.8, 4) is 5.75 Å². The molecule has 0 spiro atoms. The van der Waals surface area contributed by atoms with Gasteiger partial charge in [-0.1, -0.05) is 6.07 Å². The van der Waals surface area contributed by atoms with Gasteiger partial charge in [0.05, 0.1) is 12.7 Å². The lowest BCUT2D eigenvalue weighted by molar-refractivity contribution is -0.0553. The van der Waals surface area contributed by atoms with Crippen LogP contribution in [0.15, 0.2) is 12.1 Å². The van der Waals surface area contributed by atoms with Gasteiger partial charge in [0.15, 0.2) is 0 Å². The molecule has 0 radical (unpaired) electrons. The van der Waals surface area contributed by atoms with Crippen molar-refractivity contribution in [2.24, 2.45) is 0 Å². The molecule has 0 saturated carbocycles. The Morgan fingerprint density at radius 2 is 2.05 bits per heavy atom. The van der Waals surface area contributed by atoms with Crippen LogP contribution in [0.5, 0.6) is 5.75 Å². The van der Waals surface area contributed by atoms with E-state index in [-0.39, 0.29) is 5.60 Å². The van der Waals surface area contributed by atoms with E-state index in [9.17, 15) is 0 Å². The minimum Gasteiger partial charge on any atom is -0.496 e. The second-order valence-electron chi connectivity index (χ2n) is 6.03. The Balaban J connectivity index is 2.15. The van der Waals surface area contributed by atoms with Gasteiger partial charge in [-0.25, -0.2) is 0 Å². The van der Waals surface area contributed by atoms with Crippen molar-refractivity contribution in [1.82, 2.24) is 0 Å². The highest BCUT2D eigenvalue weighted by Crippen LogP contribution is 2.32. The number of methoxy groups -OCH3 is 1. The first-order valence-corrected chi connectivity index (χ1v) is 6.97. The molecule has 2 rings (SSSR count). The summed E-state index contributed by atoms with van der Waals surface area (Å²) in [6.45, 7) is 9.32. The van der Waals surface area contributed by atoms with Crippen molar-refractivity contribution in [1.29, 1.82) is 0 Å². The smallest absolute Gasteiger partial charge is 0.126 e. The van der Waals surface area contributed by atoms with Crippen LogP contribution in [-0.2, 0) is 4.74 Å². The third kappa shape index (κ3) is 3.21. The molecule has 1 N–H and O–H groups in total. The number of rotatable bonds is 3. The van der Waals surface area contributed by atoms with E-state index in [1.165, 1.54) is 16.8 Å². The summed E-state index contributed by atoms with van der Waals surface area (Å²) in [6, 6.07) is 4.73. The molecule has 1 heterocycles. The molecule has 1 unspecified atom stereocenters. The van der Waals surface area contributed by atoms with Crippen LogP contribution in [-0.4, -0.2) is 25.4 Å². The Labute approximate surface area is 116 Å². The summed E-state index contributed by atoms with van der Waals surface area (Å²) in [6.07, 6.45) is 2.09. The average molecular weight is 263 g/mol. The van der Waals surface area contributed by atoms with E-state index >= 15 is 0 Å². The Hall–Kier alpha value is -1.22. The number of anilines is 1. The average Bonchev–Trinajstić information content (AvgIpc) is 2.32. The summed E-state index contributed by atoms with van der Waals surface area (Å²) in [4.78, 5) is 0. The molecular weight excluding hydrogens is 238 g/mol. The van der Waals surface area contributed by atoms with Crippen LogP contribution in [0.4, 0.5) is 5.69 Å². The van der Waals surface area contributed by atoms with Crippen molar-refractivity contribution in [3.63, 3.8) is 0 Å². The lowest BCUT2D eigenvalue weighted by Crippen LogP contribution is -2.40. The first-order valence-electron chi connectivity index (χ1n) is 6.97. The molecule has 1 fully saturated rings. The predicted octanol–water partition coefficient (Wildman–Crippen LogP) is 3.68. The normalized spacial score (nSPS) is 22.1. The molecule has 19 heavy (non-hydrogen) atoms. The van der Waals surface area contributed by atoms with Crippen LogP contribution in [0.3, 0.4) is 0 Å². The fourth-order valence-corrected chi connectivity index (χ4v) is 2.87. The van der Waals surface area contributed by atoms with E-state index in [1.54, 1.807) is 7.11 Å². The number of hydrogen-bond donors (Lipinski definition) is 1. The maximum Gasteiger partial charge on any atom is 0.126 e. The third-order valence-electron chi connectivity index (χ3n) is 3.86. The van der Waals surface area contributed by atoms with Gasteiger partial charge in [0.1, 0.15) is 5.75 Å². The second kappa shape index (κ2) is 5.41. The highest BCUT2D eigenvalue weighted by Gasteiger charge is 2.29. The molecule has 1 aliphatic heterocycles. The van der Waals surface area contributed by atoms with Crippen molar-refractivity contribution in [3.05, 3.63) is 23.3 Å². The van der Waals surface area contributed by atoms with Gasteiger partial charge in [-0.05, 0) is 52.2 Å². The van der Waals surface area contributed by atoms with Crippen molar-refractivity contribution >= 4 is 5.69 Å². The molecule has 0 amide bonds. The number of aryl methyl sites for hydroxylation is 1. The molecule has 3 nitrogen and oxygen atoms in total. The molecule has 0 aromatic heterocycles. The first kappa shape index (κ1) is 14.2. The van der Waals surface area contributed by atoms with Crippen molar-refractivity contribution in [2.45, 2.75) is 52.2 Å². The van der Waals surface area contributed by atoms with Gasteiger partial charge in [0, 0.05) is 23.9 Å². The summed E-state index contributed by atoms with van der Waals surface area (Å²) in [5.41, 5.74) is 3.51. The van der Waals surface area contributed by atoms with Gasteiger partial charge in [0.25, 0.3) is 0 Å². The lowest BCUT2D eigenvalue weighted by atomic mass is 9.93.